The molecule has 2 aromatic rings. The number of aromatic nitrogens is 1. The van der Waals surface area contributed by atoms with Gasteiger partial charge in [0.1, 0.15) is 17.5 Å². The van der Waals surface area contributed by atoms with Crippen LogP contribution >= 0.6 is 0 Å². The van der Waals surface area contributed by atoms with Gasteiger partial charge in [0.15, 0.2) is 0 Å². The van der Waals surface area contributed by atoms with Crippen LogP contribution < -0.4 is 11.2 Å². The van der Waals surface area contributed by atoms with Crippen LogP contribution in [0.2, 0.25) is 0 Å². The van der Waals surface area contributed by atoms with Crippen molar-refractivity contribution in [3.63, 3.8) is 0 Å². The molecule has 74 valence electrons. The standard InChI is InChI=1S/C11H9N3O/c1-14-9-5-3-2-4-7(9)10(15)8(6-12)11(14)13/h2-5H,13H2,1H3. The Balaban J connectivity index is 3.12. The van der Waals surface area contributed by atoms with E-state index in [1.165, 1.54) is 0 Å². The van der Waals surface area contributed by atoms with Gasteiger partial charge in [-0.2, -0.15) is 5.26 Å². The SMILES string of the molecule is Cn1c(N)c(C#N)c(=O)c2ccccc21. The molecule has 2 rings (SSSR count). The molecule has 4 nitrogen and oxygen atoms in total. The predicted molar refractivity (Wildman–Crippen MR) is 58.3 cm³/mol. The molecule has 0 saturated heterocycles. The van der Waals surface area contributed by atoms with E-state index in [1.807, 2.05) is 12.1 Å². The lowest BCUT2D eigenvalue weighted by Crippen LogP contribution is -2.16. The second kappa shape index (κ2) is 3.14. The van der Waals surface area contributed by atoms with Crippen LogP contribution in [0.5, 0.6) is 0 Å². The van der Waals surface area contributed by atoms with Crippen LogP contribution in [-0.2, 0) is 7.05 Å². The molecule has 0 aliphatic carbocycles. The Hall–Kier alpha value is -2.28. The number of benzene rings is 1. The molecule has 0 atom stereocenters. The van der Waals surface area contributed by atoms with E-state index in [9.17, 15) is 4.79 Å². The Morgan fingerprint density at radius 3 is 2.73 bits per heavy atom. The number of nitriles is 1. The summed E-state index contributed by atoms with van der Waals surface area (Å²) in [6, 6.07) is 8.92. The van der Waals surface area contributed by atoms with Crippen LogP contribution in [0.15, 0.2) is 29.1 Å². The summed E-state index contributed by atoms with van der Waals surface area (Å²) in [6.07, 6.45) is 0. The highest BCUT2D eigenvalue weighted by Gasteiger charge is 2.11. The van der Waals surface area contributed by atoms with Crippen molar-refractivity contribution in [2.75, 3.05) is 5.73 Å². The Labute approximate surface area is 86.2 Å². The van der Waals surface area contributed by atoms with E-state index in [0.29, 0.717) is 5.39 Å². The van der Waals surface area contributed by atoms with Crippen molar-refractivity contribution in [2.45, 2.75) is 0 Å². The van der Waals surface area contributed by atoms with E-state index in [2.05, 4.69) is 0 Å². The van der Waals surface area contributed by atoms with Gasteiger partial charge in [0.05, 0.1) is 5.52 Å². The van der Waals surface area contributed by atoms with Gasteiger partial charge in [-0.3, -0.25) is 4.79 Å². The first-order valence-electron chi connectivity index (χ1n) is 4.44. The molecule has 0 spiro atoms. The summed E-state index contributed by atoms with van der Waals surface area (Å²) in [4.78, 5) is 11.8. The minimum Gasteiger partial charge on any atom is -0.384 e. The maximum atomic E-state index is 11.8. The van der Waals surface area contributed by atoms with Gasteiger partial charge in [-0.25, -0.2) is 0 Å². The zero-order chi connectivity index (χ0) is 11.0. The van der Waals surface area contributed by atoms with E-state index < -0.39 is 0 Å². The first-order chi connectivity index (χ1) is 7.16. The Kier molecular flexibility index (Phi) is 1.94. The maximum Gasteiger partial charge on any atom is 0.209 e. The Morgan fingerprint density at radius 2 is 2.07 bits per heavy atom. The number of hydrogen-bond acceptors (Lipinski definition) is 3. The molecular weight excluding hydrogens is 190 g/mol. The van der Waals surface area contributed by atoms with Crippen molar-refractivity contribution in [3.8, 4) is 6.07 Å². The average molecular weight is 199 g/mol. The lowest BCUT2D eigenvalue weighted by Gasteiger charge is -2.09. The maximum absolute atomic E-state index is 11.8. The zero-order valence-corrected chi connectivity index (χ0v) is 8.19. The van der Waals surface area contributed by atoms with E-state index in [0.717, 1.165) is 5.52 Å². The monoisotopic (exact) mass is 199 g/mol. The number of hydrogen-bond donors (Lipinski definition) is 1. The van der Waals surface area contributed by atoms with Crippen LogP contribution in [0.3, 0.4) is 0 Å². The highest BCUT2D eigenvalue weighted by atomic mass is 16.1. The van der Waals surface area contributed by atoms with Gasteiger partial charge in [-0.1, -0.05) is 12.1 Å². The third-order valence-electron chi connectivity index (χ3n) is 2.47. The van der Waals surface area contributed by atoms with Gasteiger partial charge in [0, 0.05) is 12.4 Å². The van der Waals surface area contributed by atoms with E-state index in [1.54, 1.807) is 29.8 Å². The molecule has 4 heteroatoms. The third-order valence-corrected chi connectivity index (χ3v) is 2.47. The van der Waals surface area contributed by atoms with Gasteiger partial charge in [0.25, 0.3) is 0 Å². The largest absolute Gasteiger partial charge is 0.384 e. The summed E-state index contributed by atoms with van der Waals surface area (Å²) in [7, 11) is 1.73. The molecule has 0 unspecified atom stereocenters. The van der Waals surface area contributed by atoms with Crippen LogP contribution in [0.4, 0.5) is 5.82 Å². The summed E-state index contributed by atoms with van der Waals surface area (Å²) < 4.78 is 1.65. The molecule has 2 N–H and O–H groups in total. The third kappa shape index (κ3) is 1.17. The molecule has 0 amide bonds. The Bertz CT molecular complexity index is 635. The fourth-order valence-corrected chi connectivity index (χ4v) is 1.61. The van der Waals surface area contributed by atoms with E-state index in [-0.39, 0.29) is 16.8 Å². The first-order valence-corrected chi connectivity index (χ1v) is 4.44. The van der Waals surface area contributed by atoms with Crippen molar-refractivity contribution >= 4 is 16.7 Å². The normalized spacial score (nSPS) is 10.1. The topological polar surface area (TPSA) is 71.8 Å². The summed E-state index contributed by atoms with van der Waals surface area (Å²) >= 11 is 0. The smallest absolute Gasteiger partial charge is 0.209 e. The average Bonchev–Trinajstić information content (AvgIpc) is 2.27. The molecule has 15 heavy (non-hydrogen) atoms. The number of pyridine rings is 1. The molecule has 0 aliphatic rings. The number of para-hydroxylation sites is 1. The second-order valence-electron chi connectivity index (χ2n) is 3.28. The summed E-state index contributed by atoms with van der Waals surface area (Å²) in [5.74, 6) is 0.209. The number of fused-ring (bicyclic) bond motifs is 1. The highest BCUT2D eigenvalue weighted by molar-refractivity contribution is 5.83. The number of aryl methyl sites for hydroxylation is 1. The van der Waals surface area contributed by atoms with Gasteiger partial charge >= 0.3 is 0 Å². The summed E-state index contributed by atoms with van der Waals surface area (Å²) in [5.41, 5.74) is 6.14. The fraction of sp³-hybridized carbons (Fsp3) is 0.0909. The quantitative estimate of drug-likeness (QED) is 0.687. The fourth-order valence-electron chi connectivity index (χ4n) is 1.61. The Morgan fingerprint density at radius 1 is 1.40 bits per heavy atom. The summed E-state index contributed by atoms with van der Waals surface area (Å²) in [6.45, 7) is 0. The minimum absolute atomic E-state index is 0.0104. The van der Waals surface area contributed by atoms with Crippen molar-refractivity contribution in [1.82, 2.24) is 4.57 Å². The van der Waals surface area contributed by atoms with Crippen LogP contribution in [0.1, 0.15) is 5.56 Å². The summed E-state index contributed by atoms with van der Waals surface area (Å²) in [5, 5.41) is 9.36. The van der Waals surface area contributed by atoms with Gasteiger partial charge < -0.3 is 10.3 Å². The van der Waals surface area contributed by atoms with Gasteiger partial charge in [-0.15, -0.1) is 0 Å². The van der Waals surface area contributed by atoms with Gasteiger partial charge in [-0.05, 0) is 12.1 Å². The predicted octanol–water partition coefficient (Wildman–Crippen LogP) is 0.992. The highest BCUT2D eigenvalue weighted by Crippen LogP contribution is 2.15. The molecule has 1 aromatic carbocycles. The minimum atomic E-state index is -0.302. The van der Waals surface area contributed by atoms with Crippen molar-refractivity contribution in [3.05, 3.63) is 40.1 Å². The van der Waals surface area contributed by atoms with Crippen LogP contribution in [-0.4, -0.2) is 4.57 Å². The van der Waals surface area contributed by atoms with Crippen molar-refractivity contribution < 1.29 is 0 Å². The number of nitrogen functional groups attached to an aromatic ring is 1. The lowest BCUT2D eigenvalue weighted by molar-refractivity contribution is 0.961. The molecule has 1 heterocycles. The van der Waals surface area contributed by atoms with Crippen LogP contribution in [0, 0.1) is 11.3 Å². The molecule has 0 fully saturated rings. The molecule has 0 saturated carbocycles. The van der Waals surface area contributed by atoms with E-state index >= 15 is 0 Å². The molecule has 1 aromatic heterocycles. The first kappa shape index (κ1) is 9.28. The van der Waals surface area contributed by atoms with E-state index in [4.69, 9.17) is 11.0 Å². The molecular formula is C11H9N3O. The molecule has 0 radical (unpaired) electrons. The van der Waals surface area contributed by atoms with Crippen molar-refractivity contribution in [1.29, 1.82) is 5.26 Å². The number of anilines is 1. The zero-order valence-electron chi connectivity index (χ0n) is 8.19. The second-order valence-corrected chi connectivity index (χ2v) is 3.28. The lowest BCUT2D eigenvalue weighted by atomic mass is 10.1. The van der Waals surface area contributed by atoms with Crippen LogP contribution in [0.25, 0.3) is 10.9 Å². The van der Waals surface area contributed by atoms with Gasteiger partial charge in [0.2, 0.25) is 5.43 Å². The van der Waals surface area contributed by atoms with Crippen molar-refractivity contribution in [2.24, 2.45) is 7.05 Å². The number of rotatable bonds is 0. The molecule has 0 bridgehead atoms. The number of nitrogens with zero attached hydrogens (tertiary/aromatic N) is 2. The molecule has 0 aliphatic heterocycles. The number of nitrogens with two attached hydrogens (primary N) is 1.